The topological polar surface area (TPSA) is 67.8 Å². The number of carboxylic acid groups (broad SMARTS) is 1. The van der Waals surface area contributed by atoms with E-state index >= 15 is 0 Å². The third-order valence-electron chi connectivity index (χ3n) is 3.89. The minimum Gasteiger partial charge on any atom is -0.490 e. The minimum atomic E-state index is -0.817. The van der Waals surface area contributed by atoms with Crippen molar-refractivity contribution in [2.45, 2.75) is 24.9 Å². The summed E-state index contributed by atoms with van der Waals surface area (Å²) >= 11 is 1.59. The number of aliphatic carboxylic acids is 1. The fourth-order valence-electron chi connectivity index (χ4n) is 2.62. The van der Waals surface area contributed by atoms with E-state index < -0.39 is 12.0 Å². The number of hydrogen-bond acceptors (Lipinski definition) is 5. The van der Waals surface area contributed by atoms with Gasteiger partial charge in [-0.3, -0.25) is 10.1 Å². The molecule has 1 aliphatic heterocycles. The van der Waals surface area contributed by atoms with Crippen LogP contribution in [0.15, 0.2) is 48.5 Å². The van der Waals surface area contributed by atoms with Gasteiger partial charge in [0.1, 0.15) is 12.6 Å². The van der Waals surface area contributed by atoms with Crippen molar-refractivity contribution in [3.63, 3.8) is 0 Å². The van der Waals surface area contributed by atoms with E-state index in [-0.39, 0.29) is 5.37 Å². The van der Waals surface area contributed by atoms with Crippen LogP contribution in [0.2, 0.25) is 0 Å². The van der Waals surface area contributed by atoms with Gasteiger partial charge in [-0.2, -0.15) is 0 Å². The predicted molar refractivity (Wildman–Crippen MR) is 98.1 cm³/mol. The second kappa shape index (κ2) is 8.27. The van der Waals surface area contributed by atoms with Crippen molar-refractivity contribution in [1.82, 2.24) is 5.32 Å². The Labute approximate surface area is 151 Å². The monoisotopic (exact) mass is 359 g/mol. The molecular weight excluding hydrogens is 338 g/mol. The molecule has 5 nitrogen and oxygen atoms in total. The molecule has 0 saturated carbocycles. The van der Waals surface area contributed by atoms with Crippen LogP contribution in [0.1, 0.15) is 23.4 Å². The molecule has 0 bridgehead atoms. The van der Waals surface area contributed by atoms with Gasteiger partial charge in [-0.05, 0) is 30.2 Å². The summed E-state index contributed by atoms with van der Waals surface area (Å²) in [6, 6.07) is 15.2. The Bertz CT molecular complexity index is 723. The first kappa shape index (κ1) is 17.6. The smallest absolute Gasteiger partial charge is 0.321 e. The molecule has 1 heterocycles. The van der Waals surface area contributed by atoms with E-state index in [1.54, 1.807) is 11.8 Å². The summed E-state index contributed by atoms with van der Waals surface area (Å²) in [6.07, 6.45) is 0. The van der Waals surface area contributed by atoms with Gasteiger partial charge in [0.15, 0.2) is 11.5 Å². The lowest BCUT2D eigenvalue weighted by Crippen LogP contribution is -2.33. The molecule has 2 atom stereocenters. The van der Waals surface area contributed by atoms with Gasteiger partial charge in [-0.15, -0.1) is 11.8 Å². The summed E-state index contributed by atoms with van der Waals surface area (Å²) in [5.41, 5.74) is 2.08. The molecule has 0 amide bonds. The lowest BCUT2D eigenvalue weighted by atomic mass is 10.2. The summed E-state index contributed by atoms with van der Waals surface area (Å²) in [5.74, 6) is 1.10. The highest BCUT2D eigenvalue weighted by atomic mass is 32.2. The van der Waals surface area contributed by atoms with Crippen molar-refractivity contribution in [2.75, 3.05) is 12.4 Å². The number of thioether (sulfide) groups is 1. The highest BCUT2D eigenvalue weighted by molar-refractivity contribution is 7.99. The summed E-state index contributed by atoms with van der Waals surface area (Å²) in [5, 5.41) is 12.2. The zero-order valence-electron chi connectivity index (χ0n) is 14.0. The van der Waals surface area contributed by atoms with E-state index in [0.717, 1.165) is 11.1 Å². The summed E-state index contributed by atoms with van der Waals surface area (Å²) in [4.78, 5) is 11.1. The Morgan fingerprint density at radius 1 is 1.20 bits per heavy atom. The van der Waals surface area contributed by atoms with E-state index in [4.69, 9.17) is 14.6 Å². The van der Waals surface area contributed by atoms with Gasteiger partial charge in [0.25, 0.3) is 0 Å². The first-order valence-electron chi connectivity index (χ1n) is 8.21. The number of benzene rings is 2. The molecule has 1 saturated heterocycles. The van der Waals surface area contributed by atoms with Crippen LogP contribution in [0.4, 0.5) is 0 Å². The Hall–Kier alpha value is -2.18. The molecule has 0 radical (unpaired) electrons. The van der Waals surface area contributed by atoms with Crippen molar-refractivity contribution in [3.8, 4) is 11.5 Å². The van der Waals surface area contributed by atoms with Crippen LogP contribution in [0.3, 0.4) is 0 Å². The fraction of sp³-hybridized carbons (Fsp3) is 0.316. The first-order valence-corrected chi connectivity index (χ1v) is 9.26. The van der Waals surface area contributed by atoms with Crippen molar-refractivity contribution in [2.24, 2.45) is 0 Å². The molecule has 1 fully saturated rings. The molecule has 3 rings (SSSR count). The third-order valence-corrected chi connectivity index (χ3v) is 5.16. The van der Waals surface area contributed by atoms with Crippen LogP contribution in [0, 0.1) is 0 Å². The normalized spacial score (nSPS) is 19.6. The van der Waals surface area contributed by atoms with Gasteiger partial charge in [0, 0.05) is 5.75 Å². The van der Waals surface area contributed by atoms with Crippen LogP contribution in [-0.4, -0.2) is 29.5 Å². The maximum Gasteiger partial charge on any atom is 0.321 e. The quantitative estimate of drug-likeness (QED) is 0.789. The van der Waals surface area contributed by atoms with Crippen molar-refractivity contribution < 1.29 is 19.4 Å². The van der Waals surface area contributed by atoms with Crippen LogP contribution in [0.5, 0.6) is 11.5 Å². The molecule has 2 aromatic rings. The second-order valence-corrected chi connectivity index (χ2v) is 6.82. The third kappa shape index (κ3) is 4.46. The van der Waals surface area contributed by atoms with Crippen LogP contribution in [-0.2, 0) is 11.4 Å². The lowest BCUT2D eigenvalue weighted by molar-refractivity contribution is -0.138. The molecule has 0 aliphatic carbocycles. The molecule has 2 aromatic carbocycles. The summed E-state index contributed by atoms with van der Waals surface area (Å²) in [6.45, 7) is 2.93. The maximum atomic E-state index is 11.1. The van der Waals surface area contributed by atoms with Crippen LogP contribution >= 0.6 is 11.8 Å². The summed E-state index contributed by atoms with van der Waals surface area (Å²) < 4.78 is 11.6. The molecule has 132 valence electrons. The Kier molecular flexibility index (Phi) is 5.83. The molecule has 0 unspecified atom stereocenters. The standard InChI is InChI=1S/C19H21NO4S/c1-2-23-17-10-14(18-20-15(12-25-18)19(21)22)8-9-16(17)24-11-13-6-4-3-5-7-13/h3-10,15,18,20H,2,11-12H2,1H3,(H,21,22)/t15-,18-/m0/s1. The van der Waals surface area contributed by atoms with Gasteiger partial charge in [0.2, 0.25) is 0 Å². The molecule has 6 heteroatoms. The van der Waals surface area contributed by atoms with Crippen molar-refractivity contribution in [1.29, 1.82) is 0 Å². The van der Waals surface area contributed by atoms with E-state index in [1.165, 1.54) is 0 Å². The molecular formula is C19H21NO4S. The highest BCUT2D eigenvalue weighted by Crippen LogP contribution is 2.37. The van der Waals surface area contributed by atoms with Crippen molar-refractivity contribution >= 4 is 17.7 Å². The van der Waals surface area contributed by atoms with E-state index in [2.05, 4.69) is 5.32 Å². The predicted octanol–water partition coefficient (Wildman–Crippen LogP) is 3.45. The Morgan fingerprint density at radius 3 is 2.68 bits per heavy atom. The fourth-order valence-corrected chi connectivity index (χ4v) is 3.84. The highest BCUT2D eigenvalue weighted by Gasteiger charge is 2.30. The first-order chi connectivity index (χ1) is 12.2. The number of carboxylic acids is 1. The van der Waals surface area contributed by atoms with Gasteiger partial charge < -0.3 is 14.6 Å². The molecule has 0 aromatic heterocycles. The van der Waals surface area contributed by atoms with E-state index in [9.17, 15) is 4.79 Å². The van der Waals surface area contributed by atoms with E-state index in [0.29, 0.717) is 30.5 Å². The Balaban J connectivity index is 1.73. The second-order valence-electron chi connectivity index (χ2n) is 5.68. The maximum absolute atomic E-state index is 11.1. The molecule has 1 aliphatic rings. The van der Waals surface area contributed by atoms with Crippen LogP contribution < -0.4 is 14.8 Å². The average Bonchev–Trinajstić information content (AvgIpc) is 3.12. The van der Waals surface area contributed by atoms with Crippen molar-refractivity contribution in [3.05, 3.63) is 59.7 Å². The molecule has 0 spiro atoms. The zero-order valence-corrected chi connectivity index (χ0v) is 14.8. The van der Waals surface area contributed by atoms with Gasteiger partial charge >= 0.3 is 5.97 Å². The molecule has 2 N–H and O–H groups in total. The van der Waals surface area contributed by atoms with Gasteiger partial charge in [0.05, 0.1) is 12.0 Å². The van der Waals surface area contributed by atoms with Gasteiger partial charge in [-0.1, -0.05) is 36.4 Å². The number of hydrogen-bond donors (Lipinski definition) is 2. The molecule has 25 heavy (non-hydrogen) atoms. The largest absolute Gasteiger partial charge is 0.490 e. The van der Waals surface area contributed by atoms with Crippen LogP contribution in [0.25, 0.3) is 0 Å². The lowest BCUT2D eigenvalue weighted by Gasteiger charge is -2.16. The summed E-state index contributed by atoms with van der Waals surface area (Å²) in [7, 11) is 0. The number of ether oxygens (including phenoxy) is 2. The average molecular weight is 359 g/mol. The SMILES string of the molecule is CCOc1cc([C@H]2N[C@H](C(=O)O)CS2)ccc1OCc1ccccc1. The zero-order chi connectivity index (χ0) is 17.6. The van der Waals surface area contributed by atoms with E-state index in [1.807, 2.05) is 55.5 Å². The number of carbonyl (C=O) groups is 1. The number of nitrogens with one attached hydrogen (secondary N) is 1. The van der Waals surface area contributed by atoms with Gasteiger partial charge in [-0.25, -0.2) is 0 Å². The number of rotatable bonds is 7. The Morgan fingerprint density at radius 2 is 2.00 bits per heavy atom. The minimum absolute atomic E-state index is 0.0523.